The maximum absolute atomic E-state index is 13.8. The third-order valence-corrected chi connectivity index (χ3v) is 9.94. The smallest absolute Gasteiger partial charge is 0.406 e. The van der Waals surface area contributed by atoms with Crippen molar-refractivity contribution < 1.29 is 26.3 Å². The molecule has 1 aromatic heterocycles. The van der Waals surface area contributed by atoms with Gasteiger partial charge in [0.15, 0.2) is 0 Å². The number of benzene rings is 2. The summed E-state index contributed by atoms with van der Waals surface area (Å²) in [6, 6.07) is 13.8. The molecule has 10 heteroatoms. The van der Waals surface area contributed by atoms with Crippen molar-refractivity contribution in [2.45, 2.75) is 65.0 Å². The molecule has 36 heavy (non-hydrogen) atoms. The summed E-state index contributed by atoms with van der Waals surface area (Å²) in [5, 5.41) is 1.62. The number of rotatable bonds is 8. The molecule has 4 rings (SSSR count). The van der Waals surface area contributed by atoms with Gasteiger partial charge in [-0.15, -0.1) is 24.5 Å². The summed E-state index contributed by atoms with van der Waals surface area (Å²) in [5.41, 5.74) is 1.44. The Labute approximate surface area is 214 Å². The van der Waals surface area contributed by atoms with Gasteiger partial charge in [-0.25, -0.2) is 8.42 Å². The maximum Gasteiger partial charge on any atom is 0.573 e. The molecule has 0 radical (unpaired) electrons. The predicted molar refractivity (Wildman–Crippen MR) is 139 cm³/mol. The number of hydrogen-bond acceptors (Lipinski definition) is 5. The molecule has 2 aromatic carbocycles. The molecule has 2 heterocycles. The molecule has 1 saturated heterocycles. The summed E-state index contributed by atoms with van der Waals surface area (Å²) in [6.45, 7) is 6.64. The van der Waals surface area contributed by atoms with Gasteiger partial charge in [-0.05, 0) is 68.3 Å². The fourth-order valence-corrected chi connectivity index (χ4v) is 7.87. The molecule has 0 spiro atoms. The van der Waals surface area contributed by atoms with Gasteiger partial charge in [0.25, 0.3) is 0 Å². The van der Waals surface area contributed by atoms with Crippen LogP contribution >= 0.6 is 11.3 Å². The van der Waals surface area contributed by atoms with Gasteiger partial charge >= 0.3 is 6.36 Å². The highest BCUT2D eigenvalue weighted by Gasteiger charge is 2.32. The number of aryl methyl sites for hydroxylation is 1. The minimum Gasteiger partial charge on any atom is -0.406 e. The quantitative estimate of drug-likeness (QED) is 0.319. The highest BCUT2D eigenvalue weighted by Crippen LogP contribution is 2.40. The molecule has 1 fully saturated rings. The lowest BCUT2D eigenvalue weighted by Crippen LogP contribution is -2.47. The van der Waals surface area contributed by atoms with Gasteiger partial charge in [0.05, 0.1) is 12.3 Å². The zero-order valence-corrected chi connectivity index (χ0v) is 22.2. The second kappa shape index (κ2) is 10.6. The van der Waals surface area contributed by atoms with Crippen LogP contribution in [-0.2, 0) is 16.6 Å². The topological polar surface area (TPSA) is 49.9 Å². The van der Waals surface area contributed by atoms with Crippen LogP contribution < -0.4 is 9.04 Å². The van der Waals surface area contributed by atoms with Crippen LogP contribution in [0.4, 0.5) is 18.2 Å². The first kappa shape index (κ1) is 26.8. The van der Waals surface area contributed by atoms with E-state index in [1.807, 2.05) is 31.2 Å². The molecule has 196 valence electrons. The number of halogens is 3. The van der Waals surface area contributed by atoms with Crippen molar-refractivity contribution in [1.29, 1.82) is 0 Å². The van der Waals surface area contributed by atoms with Crippen molar-refractivity contribution in [3.8, 4) is 5.75 Å². The standard InChI is InChI=1S/C26H31F3N2O3S2/c1-18-7-6-8-19(2)30(18)15-16-36(32,33)31(25-20(3)23-9-4-5-10-24(23)35-25)17-21-11-13-22(14-12-21)34-26(27,28)29/h4-5,9-14,18-19H,6-8,15-17H2,1-3H3/t18-,19+. The number of hydrogen-bond donors (Lipinski definition) is 0. The number of nitrogens with zero attached hydrogens (tertiary/aromatic N) is 2. The number of piperidine rings is 1. The van der Waals surface area contributed by atoms with Crippen LogP contribution in [0.5, 0.6) is 5.75 Å². The van der Waals surface area contributed by atoms with Crippen LogP contribution in [0.15, 0.2) is 48.5 Å². The highest BCUT2D eigenvalue weighted by atomic mass is 32.2. The lowest BCUT2D eigenvalue weighted by atomic mass is 9.98. The van der Waals surface area contributed by atoms with Crippen molar-refractivity contribution in [3.63, 3.8) is 0 Å². The van der Waals surface area contributed by atoms with Crippen LogP contribution in [0.25, 0.3) is 10.1 Å². The average Bonchev–Trinajstić information content (AvgIpc) is 3.13. The zero-order chi connectivity index (χ0) is 26.1. The van der Waals surface area contributed by atoms with E-state index in [4.69, 9.17) is 0 Å². The average molecular weight is 541 g/mol. The van der Waals surface area contributed by atoms with Gasteiger partial charge in [0.2, 0.25) is 10.0 Å². The molecule has 1 aliphatic heterocycles. The van der Waals surface area contributed by atoms with E-state index >= 15 is 0 Å². The van der Waals surface area contributed by atoms with Crippen molar-refractivity contribution in [2.75, 3.05) is 16.6 Å². The molecule has 5 nitrogen and oxygen atoms in total. The molecule has 3 aromatic rings. The largest absolute Gasteiger partial charge is 0.573 e. The number of alkyl halides is 3. The van der Waals surface area contributed by atoms with Crippen LogP contribution in [0.2, 0.25) is 0 Å². The van der Waals surface area contributed by atoms with Crippen molar-refractivity contribution >= 4 is 36.4 Å². The Balaban J connectivity index is 1.64. The molecule has 0 unspecified atom stereocenters. The predicted octanol–water partition coefficient (Wildman–Crippen LogP) is 6.71. The second-order valence-corrected chi connectivity index (χ2v) is 12.5. The first-order chi connectivity index (χ1) is 16.9. The monoisotopic (exact) mass is 540 g/mol. The third-order valence-electron chi connectivity index (χ3n) is 6.85. The zero-order valence-electron chi connectivity index (χ0n) is 20.6. The summed E-state index contributed by atoms with van der Waals surface area (Å²) >= 11 is 1.41. The molecule has 0 amide bonds. The summed E-state index contributed by atoms with van der Waals surface area (Å²) in [5.74, 6) is -0.378. The van der Waals surface area contributed by atoms with E-state index in [1.54, 1.807) is 0 Å². The van der Waals surface area contributed by atoms with Gasteiger partial charge in [-0.3, -0.25) is 9.21 Å². The SMILES string of the molecule is Cc1c(N(Cc2ccc(OC(F)(F)F)cc2)S(=O)(=O)CCN2[C@H](C)CCC[C@@H]2C)sc2ccccc12. The third kappa shape index (κ3) is 6.15. The molecular weight excluding hydrogens is 509 g/mol. The van der Waals surface area contributed by atoms with E-state index in [0.29, 0.717) is 29.2 Å². The number of fused-ring (bicyclic) bond motifs is 1. The van der Waals surface area contributed by atoms with Crippen molar-refractivity contribution in [1.82, 2.24) is 4.90 Å². The summed E-state index contributed by atoms with van der Waals surface area (Å²) in [7, 11) is -3.74. The van der Waals surface area contributed by atoms with Crippen LogP contribution in [-0.4, -0.2) is 44.1 Å². The maximum atomic E-state index is 13.8. The minimum atomic E-state index is -4.78. The molecule has 0 N–H and O–H groups in total. The molecule has 0 aliphatic carbocycles. The van der Waals surface area contributed by atoms with E-state index in [2.05, 4.69) is 23.5 Å². The summed E-state index contributed by atoms with van der Waals surface area (Å²) in [4.78, 5) is 2.26. The second-order valence-electron chi connectivity index (χ2n) is 9.41. The fourth-order valence-electron chi connectivity index (χ4n) is 4.90. The number of ether oxygens (including phenoxy) is 1. The van der Waals surface area contributed by atoms with Gasteiger partial charge in [0, 0.05) is 23.3 Å². The first-order valence-electron chi connectivity index (χ1n) is 12.0. The number of sulfonamides is 1. The lowest BCUT2D eigenvalue weighted by Gasteiger charge is -2.39. The molecule has 2 atom stereocenters. The summed E-state index contributed by atoms with van der Waals surface area (Å²) < 4.78 is 71.7. The van der Waals surface area contributed by atoms with E-state index in [1.165, 1.54) is 39.9 Å². The van der Waals surface area contributed by atoms with Crippen LogP contribution in [0.3, 0.4) is 0 Å². The van der Waals surface area contributed by atoms with Gasteiger partial charge in [-0.1, -0.05) is 36.8 Å². The molecular formula is C26H31F3N2O3S2. The number of likely N-dealkylation sites (tertiary alicyclic amines) is 1. The molecule has 0 saturated carbocycles. The van der Waals surface area contributed by atoms with Crippen molar-refractivity contribution in [3.05, 3.63) is 59.7 Å². The number of thiophene rings is 1. The lowest BCUT2D eigenvalue weighted by molar-refractivity contribution is -0.274. The highest BCUT2D eigenvalue weighted by molar-refractivity contribution is 7.93. The summed E-state index contributed by atoms with van der Waals surface area (Å²) in [6.07, 6.45) is -1.54. The Bertz CT molecular complexity index is 1280. The Morgan fingerprint density at radius 2 is 1.69 bits per heavy atom. The van der Waals surface area contributed by atoms with Gasteiger partial charge < -0.3 is 4.74 Å². The fraction of sp³-hybridized carbons (Fsp3) is 0.462. The van der Waals surface area contributed by atoms with Crippen LogP contribution in [0, 0.1) is 6.92 Å². The Morgan fingerprint density at radius 1 is 1.06 bits per heavy atom. The van der Waals surface area contributed by atoms with Gasteiger partial charge in [-0.2, -0.15) is 0 Å². The Kier molecular flexibility index (Phi) is 7.87. The van der Waals surface area contributed by atoms with Crippen molar-refractivity contribution in [2.24, 2.45) is 0 Å². The Morgan fingerprint density at radius 3 is 2.31 bits per heavy atom. The Hall–Kier alpha value is -2.30. The number of anilines is 1. The minimum absolute atomic E-state index is 0.0212. The first-order valence-corrected chi connectivity index (χ1v) is 14.5. The van der Waals surface area contributed by atoms with E-state index < -0.39 is 16.4 Å². The van der Waals surface area contributed by atoms with E-state index in [0.717, 1.165) is 34.9 Å². The van der Waals surface area contributed by atoms with Gasteiger partial charge in [0.1, 0.15) is 10.8 Å². The molecule has 1 aliphatic rings. The van der Waals surface area contributed by atoms with E-state index in [-0.39, 0.29) is 18.0 Å². The van der Waals surface area contributed by atoms with Crippen LogP contribution in [0.1, 0.15) is 44.2 Å². The molecule has 0 bridgehead atoms. The van der Waals surface area contributed by atoms with E-state index in [9.17, 15) is 21.6 Å². The normalized spacial score (nSPS) is 19.5.